The van der Waals surface area contributed by atoms with Crippen molar-refractivity contribution < 1.29 is 32.2 Å². The SMILES string of the molecule is COc1ccc(OC)c(N(CC(=O)N/N=C\c2cccnc2)S(=O)(=O)c2ccc(OC)c(OC)c2)c1. The number of hydrogen-bond donors (Lipinski definition) is 1. The van der Waals surface area contributed by atoms with Crippen molar-refractivity contribution in [2.24, 2.45) is 5.10 Å². The van der Waals surface area contributed by atoms with Crippen LogP contribution < -0.4 is 28.7 Å². The minimum absolute atomic E-state index is 0.0954. The number of benzene rings is 2. The van der Waals surface area contributed by atoms with Crippen LogP contribution >= 0.6 is 0 Å². The van der Waals surface area contributed by atoms with E-state index < -0.39 is 22.5 Å². The average Bonchev–Trinajstić information content (AvgIpc) is 2.91. The highest BCUT2D eigenvalue weighted by Gasteiger charge is 2.31. The molecule has 1 N–H and O–H groups in total. The Hall–Kier alpha value is -4.32. The third-order valence-electron chi connectivity index (χ3n) is 4.97. The molecule has 0 atom stereocenters. The van der Waals surface area contributed by atoms with Gasteiger partial charge in [-0.05, 0) is 30.3 Å². The van der Waals surface area contributed by atoms with Gasteiger partial charge in [0.2, 0.25) is 0 Å². The zero-order valence-electron chi connectivity index (χ0n) is 20.2. The molecule has 0 bridgehead atoms. The third kappa shape index (κ3) is 6.02. The first kappa shape index (κ1) is 26.3. The quantitative estimate of drug-likeness (QED) is 0.305. The van der Waals surface area contributed by atoms with E-state index in [0.717, 1.165) is 4.31 Å². The highest BCUT2D eigenvalue weighted by Crippen LogP contribution is 2.37. The second-order valence-corrected chi connectivity index (χ2v) is 9.01. The molecule has 36 heavy (non-hydrogen) atoms. The fourth-order valence-electron chi connectivity index (χ4n) is 3.19. The number of hydrogen-bond acceptors (Lipinski definition) is 9. The maximum absolute atomic E-state index is 13.8. The number of sulfonamides is 1. The first-order valence-electron chi connectivity index (χ1n) is 10.5. The van der Waals surface area contributed by atoms with Gasteiger partial charge in [0.15, 0.2) is 11.5 Å². The van der Waals surface area contributed by atoms with Crippen LogP contribution in [0.25, 0.3) is 0 Å². The van der Waals surface area contributed by atoms with Crippen LogP contribution in [0.5, 0.6) is 23.0 Å². The van der Waals surface area contributed by atoms with E-state index in [1.807, 2.05) is 0 Å². The summed E-state index contributed by atoms with van der Waals surface area (Å²) in [7, 11) is 1.37. The summed E-state index contributed by atoms with van der Waals surface area (Å²) in [5.41, 5.74) is 3.09. The highest BCUT2D eigenvalue weighted by atomic mass is 32.2. The predicted octanol–water partition coefficient (Wildman–Crippen LogP) is 2.46. The van der Waals surface area contributed by atoms with E-state index in [9.17, 15) is 13.2 Å². The van der Waals surface area contributed by atoms with Crippen LogP contribution in [-0.2, 0) is 14.8 Å². The lowest BCUT2D eigenvalue weighted by atomic mass is 10.2. The van der Waals surface area contributed by atoms with E-state index in [1.54, 1.807) is 36.7 Å². The molecule has 190 valence electrons. The predicted molar refractivity (Wildman–Crippen MR) is 134 cm³/mol. The van der Waals surface area contributed by atoms with Crippen molar-refractivity contribution in [3.63, 3.8) is 0 Å². The summed E-state index contributed by atoms with van der Waals surface area (Å²) in [6, 6.07) is 12.2. The number of pyridine rings is 1. The molecule has 2 aromatic carbocycles. The van der Waals surface area contributed by atoms with Gasteiger partial charge < -0.3 is 18.9 Å². The molecule has 0 spiro atoms. The van der Waals surface area contributed by atoms with Crippen molar-refractivity contribution in [1.29, 1.82) is 0 Å². The first-order valence-corrected chi connectivity index (χ1v) is 12.0. The number of aromatic nitrogens is 1. The Balaban J connectivity index is 2.02. The van der Waals surface area contributed by atoms with Gasteiger partial charge in [-0.3, -0.25) is 14.1 Å². The van der Waals surface area contributed by atoms with Crippen molar-refractivity contribution in [2.45, 2.75) is 4.90 Å². The summed E-state index contributed by atoms with van der Waals surface area (Å²) in [5.74, 6) is 0.454. The monoisotopic (exact) mass is 514 g/mol. The van der Waals surface area contributed by atoms with Gasteiger partial charge in [-0.2, -0.15) is 5.10 Å². The Bertz CT molecular complexity index is 1330. The fraction of sp³-hybridized carbons (Fsp3) is 0.208. The smallest absolute Gasteiger partial charge is 0.265 e. The first-order chi connectivity index (χ1) is 17.3. The molecule has 0 aliphatic heterocycles. The van der Waals surface area contributed by atoms with Crippen molar-refractivity contribution in [3.8, 4) is 23.0 Å². The van der Waals surface area contributed by atoms with Gasteiger partial charge in [0, 0.05) is 30.1 Å². The number of hydrazone groups is 1. The third-order valence-corrected chi connectivity index (χ3v) is 6.73. The van der Waals surface area contributed by atoms with Crippen LogP contribution in [0.1, 0.15) is 5.56 Å². The number of carbonyl (C=O) groups excluding carboxylic acids is 1. The average molecular weight is 515 g/mol. The second-order valence-electron chi connectivity index (χ2n) is 7.15. The van der Waals surface area contributed by atoms with Crippen LogP contribution in [0.15, 0.2) is 70.9 Å². The fourth-order valence-corrected chi connectivity index (χ4v) is 4.63. The van der Waals surface area contributed by atoms with Gasteiger partial charge in [0.25, 0.3) is 15.9 Å². The molecule has 0 unspecified atom stereocenters. The Morgan fingerprint density at radius 2 is 1.69 bits per heavy atom. The molecule has 3 aromatic rings. The lowest BCUT2D eigenvalue weighted by Crippen LogP contribution is -2.39. The number of nitrogens with one attached hydrogen (secondary N) is 1. The normalized spacial score (nSPS) is 11.1. The molecule has 12 heteroatoms. The number of carbonyl (C=O) groups is 1. The van der Waals surface area contributed by atoms with Crippen LogP contribution in [0, 0.1) is 0 Å². The second kappa shape index (κ2) is 11.9. The van der Waals surface area contributed by atoms with E-state index in [1.165, 1.54) is 58.9 Å². The van der Waals surface area contributed by atoms with Crippen molar-refractivity contribution in [2.75, 3.05) is 39.3 Å². The summed E-state index contributed by atoms with van der Waals surface area (Å²) in [6.45, 7) is -0.607. The van der Waals surface area contributed by atoms with Crippen LogP contribution in [0.2, 0.25) is 0 Å². The largest absolute Gasteiger partial charge is 0.497 e. The molecule has 0 saturated carbocycles. The number of rotatable bonds is 11. The van der Waals surface area contributed by atoms with Crippen LogP contribution in [0.3, 0.4) is 0 Å². The summed E-state index contributed by atoms with van der Waals surface area (Å²) < 4.78 is 49.6. The molecule has 1 heterocycles. The summed E-state index contributed by atoms with van der Waals surface area (Å²) in [4.78, 5) is 16.6. The van der Waals surface area contributed by atoms with E-state index in [0.29, 0.717) is 17.1 Å². The number of methoxy groups -OCH3 is 4. The number of anilines is 1. The maximum Gasteiger partial charge on any atom is 0.265 e. The van der Waals surface area contributed by atoms with Crippen LogP contribution in [-0.4, -0.2) is 60.5 Å². The molecule has 0 fully saturated rings. The van der Waals surface area contributed by atoms with E-state index >= 15 is 0 Å². The van der Waals surface area contributed by atoms with Crippen molar-refractivity contribution in [1.82, 2.24) is 10.4 Å². The molecular weight excluding hydrogens is 488 g/mol. The maximum atomic E-state index is 13.8. The molecule has 0 aliphatic rings. The number of nitrogens with zero attached hydrogens (tertiary/aromatic N) is 3. The zero-order valence-corrected chi connectivity index (χ0v) is 21.0. The number of amides is 1. The topological polar surface area (TPSA) is 129 Å². The minimum atomic E-state index is -4.30. The Morgan fingerprint density at radius 3 is 2.33 bits per heavy atom. The molecular formula is C24H26N4O7S. The van der Waals surface area contributed by atoms with Gasteiger partial charge in [0.1, 0.15) is 18.0 Å². The van der Waals surface area contributed by atoms with Crippen molar-refractivity contribution >= 4 is 27.8 Å². The Morgan fingerprint density at radius 1 is 0.972 bits per heavy atom. The molecule has 0 radical (unpaired) electrons. The van der Waals surface area contributed by atoms with Gasteiger partial charge in [-0.1, -0.05) is 6.07 Å². The van der Waals surface area contributed by atoms with Crippen molar-refractivity contribution in [3.05, 3.63) is 66.5 Å². The molecule has 1 aromatic heterocycles. The van der Waals surface area contributed by atoms with Crippen LogP contribution in [0.4, 0.5) is 5.69 Å². The van der Waals surface area contributed by atoms with Gasteiger partial charge in [-0.15, -0.1) is 0 Å². The number of ether oxygens (including phenoxy) is 4. The summed E-state index contributed by atoms with van der Waals surface area (Å²) >= 11 is 0. The molecule has 3 rings (SSSR count). The molecule has 0 aliphatic carbocycles. The Labute approximate surface area is 209 Å². The minimum Gasteiger partial charge on any atom is -0.497 e. The molecule has 0 saturated heterocycles. The zero-order chi connectivity index (χ0) is 26.1. The van der Waals surface area contributed by atoms with E-state index in [2.05, 4.69) is 15.5 Å². The Kier molecular flexibility index (Phi) is 8.68. The van der Waals surface area contributed by atoms with Gasteiger partial charge in [-0.25, -0.2) is 13.8 Å². The summed E-state index contributed by atoms with van der Waals surface area (Å²) in [6.07, 6.45) is 4.56. The van der Waals surface area contributed by atoms with E-state index in [-0.39, 0.29) is 22.1 Å². The molecule has 1 amide bonds. The summed E-state index contributed by atoms with van der Waals surface area (Å²) in [5, 5.41) is 3.89. The lowest BCUT2D eigenvalue weighted by Gasteiger charge is -2.26. The highest BCUT2D eigenvalue weighted by molar-refractivity contribution is 7.92. The van der Waals surface area contributed by atoms with E-state index in [4.69, 9.17) is 18.9 Å². The van der Waals surface area contributed by atoms with Gasteiger partial charge >= 0.3 is 0 Å². The van der Waals surface area contributed by atoms with Gasteiger partial charge in [0.05, 0.1) is 45.2 Å². The molecule has 11 nitrogen and oxygen atoms in total. The lowest BCUT2D eigenvalue weighted by molar-refractivity contribution is -0.119. The standard InChI is InChI=1S/C24H26N4O7S/c1-32-18-7-9-21(33-2)20(12-18)28(16-24(29)27-26-15-17-6-5-11-25-14-17)36(30,31)19-8-10-22(34-3)23(13-19)35-4/h5-15H,16H2,1-4H3,(H,27,29)/b26-15-.